The Morgan fingerprint density at radius 3 is 2.65 bits per heavy atom. The average Bonchev–Trinajstić information content (AvgIpc) is 3.01. The normalized spacial score (nSPS) is 25.1. The maximum atomic E-state index is 12.1. The predicted octanol–water partition coefficient (Wildman–Crippen LogP) is 2.36. The van der Waals surface area contributed by atoms with E-state index in [2.05, 4.69) is 5.32 Å². The van der Waals surface area contributed by atoms with Crippen LogP contribution in [0.2, 0.25) is 0 Å². The number of hydrogen-bond acceptors (Lipinski definition) is 6. The standard InChI is InChI=1S/C16H25NO6/c1-15(2,3)23-14(19)17-12(10-7-6-8-20-10)13-11(9-18)21-16(4,5)22-13/h6-8,11-13,18H,9H2,1-5H3,(H,17,19)/t11-,12+,13+/m0/s1. The van der Waals surface area contributed by atoms with Crippen LogP contribution >= 0.6 is 0 Å². The second kappa shape index (κ2) is 6.51. The summed E-state index contributed by atoms with van der Waals surface area (Å²) in [5.41, 5.74) is -0.625. The first-order valence-electron chi connectivity index (χ1n) is 7.61. The molecule has 0 spiro atoms. The van der Waals surface area contributed by atoms with E-state index in [0.717, 1.165) is 0 Å². The first-order valence-corrected chi connectivity index (χ1v) is 7.61. The van der Waals surface area contributed by atoms with Gasteiger partial charge in [-0.05, 0) is 46.8 Å². The second-order valence-electron chi connectivity index (χ2n) is 6.96. The molecule has 2 rings (SSSR count). The van der Waals surface area contributed by atoms with Crippen molar-refractivity contribution in [1.82, 2.24) is 5.32 Å². The maximum absolute atomic E-state index is 12.1. The van der Waals surface area contributed by atoms with Gasteiger partial charge in [-0.3, -0.25) is 0 Å². The molecule has 1 fully saturated rings. The molecule has 0 aliphatic carbocycles. The highest BCUT2D eigenvalue weighted by Crippen LogP contribution is 2.35. The summed E-state index contributed by atoms with van der Waals surface area (Å²) in [7, 11) is 0. The fraction of sp³-hybridized carbons (Fsp3) is 0.688. The largest absolute Gasteiger partial charge is 0.467 e. The number of aliphatic hydroxyl groups is 1. The summed E-state index contributed by atoms with van der Waals surface area (Å²) in [5.74, 6) is -0.362. The molecule has 1 aromatic rings. The van der Waals surface area contributed by atoms with Crippen LogP contribution in [0.4, 0.5) is 4.79 Å². The zero-order valence-electron chi connectivity index (χ0n) is 14.2. The molecular weight excluding hydrogens is 302 g/mol. The first-order chi connectivity index (χ1) is 10.6. The summed E-state index contributed by atoms with van der Waals surface area (Å²) < 4.78 is 22.2. The van der Waals surface area contributed by atoms with Crippen molar-refractivity contribution in [2.24, 2.45) is 0 Å². The van der Waals surface area contributed by atoms with Crippen molar-refractivity contribution in [2.45, 2.75) is 64.3 Å². The SMILES string of the molecule is CC(C)(C)OC(=O)N[C@H](c1ccco1)[C@@H]1OC(C)(C)O[C@H]1CO. The second-order valence-corrected chi connectivity index (χ2v) is 6.96. The molecule has 0 aromatic carbocycles. The summed E-state index contributed by atoms with van der Waals surface area (Å²) in [6.07, 6.45) is -0.277. The number of furan rings is 1. The Hall–Kier alpha value is -1.57. The summed E-state index contributed by atoms with van der Waals surface area (Å²) >= 11 is 0. The van der Waals surface area contributed by atoms with Crippen LogP contribution in [-0.4, -0.2) is 41.4 Å². The van der Waals surface area contributed by atoms with Gasteiger partial charge >= 0.3 is 6.09 Å². The van der Waals surface area contributed by atoms with E-state index in [1.54, 1.807) is 46.8 Å². The lowest BCUT2D eigenvalue weighted by Crippen LogP contribution is -2.44. The minimum absolute atomic E-state index is 0.235. The Morgan fingerprint density at radius 2 is 2.13 bits per heavy atom. The van der Waals surface area contributed by atoms with Crippen molar-refractivity contribution in [3.8, 4) is 0 Å². The van der Waals surface area contributed by atoms with Crippen LogP contribution < -0.4 is 5.32 Å². The third-order valence-electron chi connectivity index (χ3n) is 3.25. The maximum Gasteiger partial charge on any atom is 0.408 e. The average molecular weight is 327 g/mol. The molecule has 7 nitrogen and oxygen atoms in total. The van der Waals surface area contributed by atoms with Gasteiger partial charge in [0.2, 0.25) is 0 Å². The number of carbonyl (C=O) groups is 1. The van der Waals surface area contributed by atoms with Crippen molar-refractivity contribution >= 4 is 6.09 Å². The molecule has 130 valence electrons. The summed E-state index contributed by atoms with van der Waals surface area (Å²) in [4.78, 5) is 12.1. The molecule has 0 bridgehead atoms. The highest BCUT2D eigenvalue weighted by molar-refractivity contribution is 5.68. The molecule has 2 N–H and O–H groups in total. The van der Waals surface area contributed by atoms with Gasteiger partial charge < -0.3 is 29.1 Å². The Labute approximate surface area is 135 Å². The van der Waals surface area contributed by atoms with Crippen LogP contribution in [0.15, 0.2) is 22.8 Å². The molecule has 23 heavy (non-hydrogen) atoms. The molecular formula is C16H25NO6. The number of alkyl carbamates (subject to hydrolysis) is 1. The third-order valence-corrected chi connectivity index (χ3v) is 3.25. The molecule has 1 aliphatic heterocycles. The molecule has 1 saturated heterocycles. The molecule has 0 unspecified atom stereocenters. The Bertz CT molecular complexity index is 519. The monoisotopic (exact) mass is 327 g/mol. The van der Waals surface area contributed by atoms with E-state index in [-0.39, 0.29) is 6.61 Å². The van der Waals surface area contributed by atoms with Gasteiger partial charge in [-0.1, -0.05) is 0 Å². The lowest BCUT2D eigenvalue weighted by atomic mass is 10.0. The Kier molecular flexibility index (Phi) is 5.03. The topological polar surface area (TPSA) is 90.2 Å². The van der Waals surface area contributed by atoms with Gasteiger partial charge in [-0.15, -0.1) is 0 Å². The molecule has 1 amide bonds. The van der Waals surface area contributed by atoms with Gasteiger partial charge in [0.25, 0.3) is 0 Å². The predicted molar refractivity (Wildman–Crippen MR) is 81.7 cm³/mol. The molecule has 3 atom stereocenters. The minimum Gasteiger partial charge on any atom is -0.467 e. The van der Waals surface area contributed by atoms with Crippen LogP contribution in [0.3, 0.4) is 0 Å². The van der Waals surface area contributed by atoms with Gasteiger partial charge in [0.15, 0.2) is 5.79 Å². The fourth-order valence-electron chi connectivity index (χ4n) is 2.50. The van der Waals surface area contributed by atoms with E-state index in [1.165, 1.54) is 6.26 Å². The fourth-order valence-corrected chi connectivity index (χ4v) is 2.50. The summed E-state index contributed by atoms with van der Waals surface area (Å²) in [6.45, 7) is 8.61. The number of nitrogens with one attached hydrogen (secondary N) is 1. The molecule has 0 saturated carbocycles. The zero-order chi connectivity index (χ0) is 17.3. The van der Waals surface area contributed by atoms with Gasteiger partial charge in [0, 0.05) is 0 Å². The number of aliphatic hydroxyl groups excluding tert-OH is 1. The van der Waals surface area contributed by atoms with Crippen molar-refractivity contribution in [3.05, 3.63) is 24.2 Å². The molecule has 1 aliphatic rings. The highest BCUT2D eigenvalue weighted by Gasteiger charge is 2.47. The lowest BCUT2D eigenvalue weighted by Gasteiger charge is -2.27. The van der Waals surface area contributed by atoms with E-state index in [0.29, 0.717) is 5.76 Å². The van der Waals surface area contributed by atoms with Crippen LogP contribution in [0.25, 0.3) is 0 Å². The molecule has 7 heteroatoms. The molecule has 0 radical (unpaired) electrons. The van der Waals surface area contributed by atoms with Gasteiger partial charge in [0.1, 0.15) is 29.6 Å². The van der Waals surface area contributed by atoms with E-state index in [9.17, 15) is 9.90 Å². The van der Waals surface area contributed by atoms with E-state index < -0.39 is 35.7 Å². The first kappa shape index (κ1) is 17.8. The molecule has 1 aromatic heterocycles. The van der Waals surface area contributed by atoms with Crippen molar-refractivity contribution < 1.29 is 28.5 Å². The van der Waals surface area contributed by atoms with Gasteiger partial charge in [-0.2, -0.15) is 0 Å². The summed E-state index contributed by atoms with van der Waals surface area (Å²) in [6, 6.07) is 2.80. The quantitative estimate of drug-likeness (QED) is 0.882. The number of ether oxygens (including phenoxy) is 3. The zero-order valence-corrected chi connectivity index (χ0v) is 14.2. The van der Waals surface area contributed by atoms with E-state index >= 15 is 0 Å². The van der Waals surface area contributed by atoms with Crippen LogP contribution in [-0.2, 0) is 14.2 Å². The lowest BCUT2D eigenvalue weighted by molar-refractivity contribution is -0.151. The van der Waals surface area contributed by atoms with Crippen molar-refractivity contribution in [1.29, 1.82) is 0 Å². The van der Waals surface area contributed by atoms with Crippen LogP contribution in [0.5, 0.6) is 0 Å². The van der Waals surface area contributed by atoms with Gasteiger partial charge in [-0.25, -0.2) is 4.79 Å². The van der Waals surface area contributed by atoms with Crippen molar-refractivity contribution in [3.63, 3.8) is 0 Å². The number of amides is 1. The van der Waals surface area contributed by atoms with Gasteiger partial charge in [0.05, 0.1) is 12.9 Å². The number of hydrogen-bond donors (Lipinski definition) is 2. The highest BCUT2D eigenvalue weighted by atomic mass is 16.8. The minimum atomic E-state index is -0.863. The molecule has 2 heterocycles. The van der Waals surface area contributed by atoms with Crippen LogP contribution in [0, 0.1) is 0 Å². The Balaban J connectivity index is 2.20. The smallest absolute Gasteiger partial charge is 0.408 e. The van der Waals surface area contributed by atoms with E-state index in [4.69, 9.17) is 18.6 Å². The number of rotatable bonds is 4. The summed E-state index contributed by atoms with van der Waals surface area (Å²) in [5, 5.41) is 12.3. The van der Waals surface area contributed by atoms with Crippen molar-refractivity contribution in [2.75, 3.05) is 6.61 Å². The number of carbonyl (C=O) groups excluding carboxylic acids is 1. The van der Waals surface area contributed by atoms with E-state index in [1.807, 2.05) is 0 Å². The third kappa shape index (κ3) is 4.70. The van der Waals surface area contributed by atoms with Crippen LogP contribution in [0.1, 0.15) is 46.4 Å². The Morgan fingerprint density at radius 1 is 1.43 bits per heavy atom.